The Bertz CT molecular complexity index is 612. The lowest BCUT2D eigenvalue weighted by Crippen LogP contribution is -2.04. The van der Waals surface area contributed by atoms with Gasteiger partial charge >= 0.3 is 0 Å². The first-order chi connectivity index (χ1) is 8.68. The molecule has 0 fully saturated rings. The summed E-state index contributed by atoms with van der Waals surface area (Å²) in [6.07, 6.45) is 2.33. The van der Waals surface area contributed by atoms with Crippen LogP contribution in [0.1, 0.15) is 40.7 Å². The highest BCUT2D eigenvalue weighted by Gasteiger charge is 2.25. The first-order valence-corrected chi connectivity index (χ1v) is 6.51. The van der Waals surface area contributed by atoms with Gasteiger partial charge in [-0.3, -0.25) is 0 Å². The van der Waals surface area contributed by atoms with Gasteiger partial charge in [0.25, 0.3) is 0 Å². The summed E-state index contributed by atoms with van der Waals surface area (Å²) < 4.78 is 0. The van der Waals surface area contributed by atoms with E-state index in [1.165, 1.54) is 33.4 Å². The second kappa shape index (κ2) is 4.13. The molecule has 90 valence electrons. The van der Waals surface area contributed by atoms with Gasteiger partial charge in [-0.15, -0.1) is 0 Å². The third-order valence-electron chi connectivity index (χ3n) is 3.98. The first-order valence-electron chi connectivity index (χ1n) is 6.51. The van der Waals surface area contributed by atoms with E-state index in [1.54, 1.807) is 0 Å². The van der Waals surface area contributed by atoms with Crippen LogP contribution in [0, 0.1) is 13.8 Å². The largest absolute Gasteiger partial charge is 0.0619 e. The van der Waals surface area contributed by atoms with Crippen molar-refractivity contribution in [3.63, 3.8) is 0 Å². The molecule has 2 aromatic rings. The average Bonchev–Trinajstić information content (AvgIpc) is 2.66. The van der Waals surface area contributed by atoms with Gasteiger partial charge in [-0.25, -0.2) is 0 Å². The number of fused-ring (bicyclic) bond motifs is 1. The Morgan fingerprint density at radius 3 is 2.17 bits per heavy atom. The Balaban J connectivity index is 2.22. The molecule has 0 saturated carbocycles. The number of aryl methyl sites for hydroxylation is 2. The topological polar surface area (TPSA) is 0 Å². The summed E-state index contributed by atoms with van der Waals surface area (Å²) in [5, 5.41) is 0. The fourth-order valence-electron chi connectivity index (χ4n) is 3.14. The maximum atomic E-state index is 2.33. The summed E-state index contributed by atoms with van der Waals surface area (Å²) in [7, 11) is 0. The van der Waals surface area contributed by atoms with Crippen molar-refractivity contribution in [1.29, 1.82) is 0 Å². The van der Waals surface area contributed by atoms with Crippen LogP contribution in [0.25, 0.3) is 6.08 Å². The first kappa shape index (κ1) is 11.3. The second-order valence-corrected chi connectivity index (χ2v) is 5.26. The van der Waals surface area contributed by atoms with Gasteiger partial charge in [-0.1, -0.05) is 54.1 Å². The molecular formula is C18H18. The zero-order valence-corrected chi connectivity index (χ0v) is 11.2. The molecule has 1 atom stereocenters. The quantitative estimate of drug-likeness (QED) is 0.661. The van der Waals surface area contributed by atoms with Crippen molar-refractivity contribution in [3.05, 3.63) is 75.9 Å². The fourth-order valence-corrected chi connectivity index (χ4v) is 3.14. The number of hydrogen-bond acceptors (Lipinski definition) is 0. The zero-order valence-electron chi connectivity index (χ0n) is 11.2. The van der Waals surface area contributed by atoms with Crippen LogP contribution in [0.4, 0.5) is 0 Å². The lowest BCUT2D eigenvalue weighted by molar-refractivity contribution is 0.947. The Kier molecular flexibility index (Phi) is 2.59. The summed E-state index contributed by atoms with van der Waals surface area (Å²) in [6.45, 7) is 6.68. The predicted octanol–water partition coefficient (Wildman–Crippen LogP) is 4.85. The smallest absolute Gasteiger partial charge is 0.0310 e. The monoisotopic (exact) mass is 234 g/mol. The van der Waals surface area contributed by atoms with Gasteiger partial charge in [0.15, 0.2) is 0 Å². The molecular weight excluding hydrogens is 216 g/mol. The highest BCUT2D eigenvalue weighted by Crippen LogP contribution is 2.42. The lowest BCUT2D eigenvalue weighted by Gasteiger charge is -2.20. The van der Waals surface area contributed by atoms with Crippen molar-refractivity contribution in [3.8, 4) is 0 Å². The fraction of sp³-hybridized carbons (Fsp3) is 0.222. The molecule has 0 bridgehead atoms. The summed E-state index contributed by atoms with van der Waals surface area (Å²) in [4.78, 5) is 0. The minimum Gasteiger partial charge on any atom is -0.0619 e. The number of benzene rings is 2. The van der Waals surface area contributed by atoms with E-state index in [-0.39, 0.29) is 0 Å². The van der Waals surface area contributed by atoms with E-state index in [9.17, 15) is 0 Å². The average molecular weight is 234 g/mol. The van der Waals surface area contributed by atoms with Crippen molar-refractivity contribution in [2.75, 3.05) is 0 Å². The second-order valence-electron chi connectivity index (χ2n) is 5.26. The third-order valence-corrected chi connectivity index (χ3v) is 3.98. The minimum atomic E-state index is 0.447. The van der Waals surface area contributed by atoms with E-state index in [0.29, 0.717) is 5.92 Å². The van der Waals surface area contributed by atoms with Crippen molar-refractivity contribution in [2.24, 2.45) is 0 Å². The van der Waals surface area contributed by atoms with E-state index < -0.39 is 0 Å². The predicted molar refractivity (Wildman–Crippen MR) is 77.9 cm³/mol. The summed E-state index contributed by atoms with van der Waals surface area (Å²) >= 11 is 0. The Hall–Kier alpha value is -1.82. The maximum absolute atomic E-state index is 2.33. The van der Waals surface area contributed by atoms with E-state index in [2.05, 4.69) is 69.3 Å². The third kappa shape index (κ3) is 1.60. The molecule has 1 aliphatic carbocycles. The van der Waals surface area contributed by atoms with E-state index in [4.69, 9.17) is 0 Å². The molecule has 0 saturated heterocycles. The molecule has 18 heavy (non-hydrogen) atoms. The van der Waals surface area contributed by atoms with Crippen LogP contribution in [0.15, 0.2) is 48.0 Å². The SMILES string of the molecule is CC1=Cc2ccccc2C1c1c(C)cccc1C. The van der Waals surface area contributed by atoms with Crippen LogP contribution in [0.2, 0.25) is 0 Å². The zero-order chi connectivity index (χ0) is 12.7. The summed E-state index contributed by atoms with van der Waals surface area (Å²) in [6, 6.07) is 15.3. The molecule has 0 N–H and O–H groups in total. The summed E-state index contributed by atoms with van der Waals surface area (Å²) in [5.74, 6) is 0.447. The number of rotatable bonds is 1. The van der Waals surface area contributed by atoms with E-state index in [1.807, 2.05) is 0 Å². The van der Waals surface area contributed by atoms with Gasteiger partial charge in [0.1, 0.15) is 0 Å². The standard InChI is InChI=1S/C18H18/c1-12-7-6-8-13(2)17(12)18-14(3)11-15-9-4-5-10-16(15)18/h4-11,18H,1-3H3. The molecule has 0 radical (unpaired) electrons. The van der Waals surface area contributed by atoms with Crippen LogP contribution in [-0.2, 0) is 0 Å². The van der Waals surface area contributed by atoms with Gasteiger partial charge in [-0.05, 0) is 48.6 Å². The van der Waals surface area contributed by atoms with Crippen molar-refractivity contribution in [2.45, 2.75) is 26.7 Å². The van der Waals surface area contributed by atoms with Gasteiger partial charge in [-0.2, -0.15) is 0 Å². The van der Waals surface area contributed by atoms with E-state index in [0.717, 1.165) is 0 Å². The lowest BCUT2D eigenvalue weighted by atomic mass is 9.84. The molecule has 1 aliphatic rings. The van der Waals surface area contributed by atoms with Gasteiger partial charge in [0.2, 0.25) is 0 Å². The van der Waals surface area contributed by atoms with E-state index >= 15 is 0 Å². The molecule has 0 spiro atoms. The van der Waals surface area contributed by atoms with Gasteiger partial charge < -0.3 is 0 Å². The highest BCUT2D eigenvalue weighted by molar-refractivity contribution is 5.69. The minimum absolute atomic E-state index is 0.447. The van der Waals surface area contributed by atoms with Crippen LogP contribution in [-0.4, -0.2) is 0 Å². The molecule has 0 aromatic heterocycles. The van der Waals surface area contributed by atoms with Crippen LogP contribution in [0.5, 0.6) is 0 Å². The van der Waals surface area contributed by atoms with Crippen LogP contribution in [0.3, 0.4) is 0 Å². The molecule has 0 nitrogen and oxygen atoms in total. The normalized spacial score (nSPS) is 17.5. The van der Waals surface area contributed by atoms with Gasteiger partial charge in [0.05, 0.1) is 0 Å². The van der Waals surface area contributed by atoms with Crippen LogP contribution < -0.4 is 0 Å². The molecule has 1 unspecified atom stereocenters. The number of allylic oxidation sites excluding steroid dienone is 1. The number of hydrogen-bond donors (Lipinski definition) is 0. The molecule has 2 aromatic carbocycles. The maximum Gasteiger partial charge on any atom is 0.0310 e. The van der Waals surface area contributed by atoms with Crippen LogP contribution >= 0.6 is 0 Å². The molecule has 3 rings (SSSR count). The van der Waals surface area contributed by atoms with Crippen molar-refractivity contribution in [1.82, 2.24) is 0 Å². The summed E-state index contributed by atoms with van der Waals surface area (Å²) in [5.41, 5.74) is 8.55. The Morgan fingerprint density at radius 2 is 1.44 bits per heavy atom. The molecule has 0 amide bonds. The molecule has 0 heteroatoms. The molecule has 0 aliphatic heterocycles. The van der Waals surface area contributed by atoms with Gasteiger partial charge in [0, 0.05) is 5.92 Å². The Morgan fingerprint density at radius 1 is 0.778 bits per heavy atom. The van der Waals surface area contributed by atoms with Crippen molar-refractivity contribution < 1.29 is 0 Å². The van der Waals surface area contributed by atoms with Crippen molar-refractivity contribution >= 4 is 6.08 Å². The molecule has 0 heterocycles. The Labute approximate surface area is 109 Å². The highest BCUT2D eigenvalue weighted by atomic mass is 14.3.